The lowest BCUT2D eigenvalue weighted by Crippen LogP contribution is -2.17. The molecule has 0 unspecified atom stereocenters. The normalized spacial score (nSPS) is 27.1. The quantitative estimate of drug-likeness (QED) is 0.768. The van der Waals surface area contributed by atoms with Crippen molar-refractivity contribution < 1.29 is 14.7 Å². The zero-order valence-corrected chi connectivity index (χ0v) is 10.4. The van der Waals surface area contributed by atoms with E-state index in [1.165, 1.54) is 6.08 Å². The molecule has 0 aliphatic heterocycles. The van der Waals surface area contributed by atoms with E-state index in [0.29, 0.717) is 0 Å². The monoisotopic (exact) mass is 238 g/mol. The fraction of sp³-hybridized carbons (Fsp3) is 0.714. The summed E-state index contributed by atoms with van der Waals surface area (Å²) in [4.78, 5) is 22.6. The maximum atomic E-state index is 11.6. The van der Waals surface area contributed by atoms with Crippen LogP contribution in [0.3, 0.4) is 0 Å². The second kappa shape index (κ2) is 7.25. The van der Waals surface area contributed by atoms with Gasteiger partial charge in [0.25, 0.3) is 0 Å². The van der Waals surface area contributed by atoms with Crippen molar-refractivity contribution in [2.75, 3.05) is 0 Å². The summed E-state index contributed by atoms with van der Waals surface area (Å²) < 4.78 is 0. The minimum atomic E-state index is -0.663. The fourth-order valence-corrected chi connectivity index (χ4v) is 2.55. The number of carboxylic acids is 1. The van der Waals surface area contributed by atoms with Gasteiger partial charge in [-0.15, -0.1) is 0 Å². The highest BCUT2D eigenvalue weighted by Gasteiger charge is 2.20. The molecular weight excluding hydrogens is 216 g/mol. The molecule has 0 bridgehead atoms. The zero-order chi connectivity index (χ0) is 12.7. The summed E-state index contributed by atoms with van der Waals surface area (Å²) in [6, 6.07) is 0. The Morgan fingerprint density at radius 1 is 0.941 bits per heavy atom. The maximum absolute atomic E-state index is 11.6. The molecular formula is C14H22O3. The summed E-state index contributed by atoms with van der Waals surface area (Å²) in [5.41, 5.74) is 0. The van der Waals surface area contributed by atoms with Crippen LogP contribution in [0.2, 0.25) is 0 Å². The molecule has 0 amide bonds. The molecule has 0 spiro atoms. The Hall–Kier alpha value is -1.12. The Balaban J connectivity index is 2.47. The van der Waals surface area contributed by atoms with Crippen molar-refractivity contribution in [3.05, 3.63) is 12.7 Å². The van der Waals surface area contributed by atoms with E-state index in [4.69, 9.17) is 5.11 Å². The molecule has 0 atom stereocenters. The first kappa shape index (κ1) is 13.9. The minimum absolute atomic E-state index is 0.119. The van der Waals surface area contributed by atoms with Crippen LogP contribution in [-0.4, -0.2) is 16.9 Å². The van der Waals surface area contributed by atoms with Crippen LogP contribution in [0, 0.1) is 11.8 Å². The topological polar surface area (TPSA) is 54.4 Å². The number of allylic oxidation sites excluding steroid dienone is 1. The van der Waals surface area contributed by atoms with Crippen LogP contribution >= 0.6 is 0 Å². The van der Waals surface area contributed by atoms with E-state index < -0.39 is 5.97 Å². The third-order valence-electron chi connectivity index (χ3n) is 3.66. The second-order valence-electron chi connectivity index (χ2n) is 4.91. The molecule has 0 aromatic carbocycles. The number of hydrogen-bond donors (Lipinski definition) is 1. The molecule has 0 aromatic rings. The first-order valence-corrected chi connectivity index (χ1v) is 6.54. The molecule has 1 fully saturated rings. The third kappa shape index (κ3) is 4.72. The summed E-state index contributed by atoms with van der Waals surface area (Å²) in [5, 5.41) is 9.03. The van der Waals surface area contributed by atoms with Gasteiger partial charge in [-0.3, -0.25) is 9.59 Å². The third-order valence-corrected chi connectivity index (χ3v) is 3.66. The molecule has 1 N–H and O–H groups in total. The van der Waals surface area contributed by atoms with Crippen molar-refractivity contribution in [3.8, 4) is 0 Å². The fourth-order valence-electron chi connectivity index (χ4n) is 2.55. The van der Waals surface area contributed by atoms with Crippen LogP contribution in [0.15, 0.2) is 12.7 Å². The van der Waals surface area contributed by atoms with Crippen LogP contribution < -0.4 is 0 Å². The Labute approximate surface area is 103 Å². The van der Waals surface area contributed by atoms with Crippen LogP contribution in [-0.2, 0) is 9.59 Å². The smallest absolute Gasteiger partial charge is 0.306 e. The number of carbonyl (C=O) groups excluding carboxylic acids is 1. The van der Waals surface area contributed by atoms with E-state index in [2.05, 4.69) is 6.58 Å². The number of aliphatic carboxylic acids is 1. The highest BCUT2D eigenvalue weighted by molar-refractivity contribution is 5.91. The second-order valence-corrected chi connectivity index (χ2v) is 4.91. The molecule has 3 nitrogen and oxygen atoms in total. The van der Waals surface area contributed by atoms with Crippen molar-refractivity contribution in [2.24, 2.45) is 11.8 Å². The van der Waals surface area contributed by atoms with Gasteiger partial charge in [-0.2, -0.15) is 0 Å². The van der Waals surface area contributed by atoms with Gasteiger partial charge >= 0.3 is 5.97 Å². The van der Waals surface area contributed by atoms with Crippen LogP contribution in [0.1, 0.15) is 51.4 Å². The molecule has 0 heterocycles. The molecule has 3 heteroatoms. The first-order chi connectivity index (χ1) is 8.15. The number of rotatable bonds is 3. The molecule has 1 rings (SSSR count). The highest BCUT2D eigenvalue weighted by Crippen LogP contribution is 2.25. The molecule has 0 saturated heterocycles. The Morgan fingerprint density at radius 3 is 1.71 bits per heavy atom. The average molecular weight is 238 g/mol. The largest absolute Gasteiger partial charge is 0.481 e. The van der Waals surface area contributed by atoms with Crippen molar-refractivity contribution >= 4 is 11.8 Å². The van der Waals surface area contributed by atoms with E-state index in [9.17, 15) is 9.59 Å². The zero-order valence-electron chi connectivity index (χ0n) is 10.4. The summed E-state index contributed by atoms with van der Waals surface area (Å²) >= 11 is 0. The Kier molecular flexibility index (Phi) is 5.95. The Morgan fingerprint density at radius 2 is 1.35 bits per heavy atom. The van der Waals surface area contributed by atoms with Gasteiger partial charge in [0.15, 0.2) is 5.78 Å². The van der Waals surface area contributed by atoms with Gasteiger partial charge in [0.05, 0.1) is 5.92 Å². The van der Waals surface area contributed by atoms with E-state index >= 15 is 0 Å². The molecule has 0 radical (unpaired) electrons. The molecule has 96 valence electrons. The standard InChI is InChI=1S/C14H22O3/c1-2-13(15)11-7-3-5-9-12(14(16)17)10-6-4-8-11/h2,11-12H,1,3-10H2,(H,16,17). The van der Waals surface area contributed by atoms with E-state index in [1.54, 1.807) is 0 Å². The van der Waals surface area contributed by atoms with Crippen molar-refractivity contribution in [3.63, 3.8) is 0 Å². The van der Waals surface area contributed by atoms with Gasteiger partial charge in [-0.25, -0.2) is 0 Å². The number of ketones is 1. The van der Waals surface area contributed by atoms with Gasteiger partial charge in [0.1, 0.15) is 0 Å². The van der Waals surface area contributed by atoms with E-state index in [0.717, 1.165) is 51.4 Å². The molecule has 1 saturated carbocycles. The predicted molar refractivity (Wildman–Crippen MR) is 66.8 cm³/mol. The number of carbonyl (C=O) groups is 2. The Bertz CT molecular complexity index is 271. The van der Waals surface area contributed by atoms with Gasteiger partial charge < -0.3 is 5.11 Å². The first-order valence-electron chi connectivity index (χ1n) is 6.54. The summed E-state index contributed by atoms with van der Waals surface area (Å²) in [6.07, 6.45) is 8.44. The van der Waals surface area contributed by atoms with E-state index in [1.807, 2.05) is 0 Å². The van der Waals surface area contributed by atoms with E-state index in [-0.39, 0.29) is 17.6 Å². The van der Waals surface area contributed by atoms with Crippen LogP contribution in [0.25, 0.3) is 0 Å². The lowest BCUT2D eigenvalue weighted by atomic mass is 9.86. The van der Waals surface area contributed by atoms with Gasteiger partial charge in [0, 0.05) is 5.92 Å². The van der Waals surface area contributed by atoms with Crippen molar-refractivity contribution in [1.29, 1.82) is 0 Å². The van der Waals surface area contributed by atoms with Gasteiger partial charge in [-0.05, 0) is 31.8 Å². The maximum Gasteiger partial charge on any atom is 0.306 e. The van der Waals surface area contributed by atoms with Crippen LogP contribution in [0.5, 0.6) is 0 Å². The number of hydrogen-bond acceptors (Lipinski definition) is 2. The lowest BCUT2D eigenvalue weighted by Gasteiger charge is -2.18. The molecule has 17 heavy (non-hydrogen) atoms. The SMILES string of the molecule is C=CC(=O)C1CCCCC(C(=O)O)CCCC1. The van der Waals surface area contributed by atoms with Gasteiger partial charge in [0.2, 0.25) is 0 Å². The molecule has 1 aliphatic rings. The van der Waals surface area contributed by atoms with Crippen molar-refractivity contribution in [2.45, 2.75) is 51.4 Å². The minimum Gasteiger partial charge on any atom is -0.481 e. The predicted octanol–water partition coefficient (Wildman–Crippen LogP) is 3.19. The number of carboxylic acid groups (broad SMARTS) is 1. The molecule has 0 aromatic heterocycles. The summed E-state index contributed by atoms with van der Waals surface area (Å²) in [7, 11) is 0. The molecule has 1 aliphatic carbocycles. The summed E-state index contributed by atoms with van der Waals surface area (Å²) in [6.45, 7) is 3.54. The highest BCUT2D eigenvalue weighted by atomic mass is 16.4. The van der Waals surface area contributed by atoms with Gasteiger partial charge in [-0.1, -0.05) is 32.3 Å². The lowest BCUT2D eigenvalue weighted by molar-refractivity contribution is -0.142. The van der Waals surface area contributed by atoms with Crippen molar-refractivity contribution in [1.82, 2.24) is 0 Å². The average Bonchev–Trinajstić information content (AvgIpc) is 2.34. The van der Waals surface area contributed by atoms with Crippen LogP contribution in [0.4, 0.5) is 0 Å². The summed E-state index contributed by atoms with van der Waals surface area (Å²) in [5.74, 6) is -0.569.